The molecule has 4 aromatic rings. The fraction of sp³-hybridized carbons (Fsp3) is 0.167. The summed E-state index contributed by atoms with van der Waals surface area (Å²) in [6.07, 6.45) is 2.04. The van der Waals surface area contributed by atoms with Crippen molar-refractivity contribution in [2.45, 2.75) is 26.7 Å². The average Bonchev–Trinajstić information content (AvgIpc) is 2.61. The second-order valence-electron chi connectivity index (χ2n) is 6.82. The minimum Gasteiger partial charge on any atom is -0.0843 e. The summed E-state index contributed by atoms with van der Waals surface area (Å²) in [5.74, 6) is 0. The molecule has 0 unspecified atom stereocenters. The molecule has 0 saturated carbocycles. The third kappa shape index (κ3) is 3.27. The summed E-state index contributed by atoms with van der Waals surface area (Å²) in [7, 11) is 0. The van der Waals surface area contributed by atoms with Gasteiger partial charge in [-0.25, -0.2) is 0 Å². The van der Waals surface area contributed by atoms with Crippen molar-refractivity contribution in [2.24, 2.45) is 0 Å². The molecule has 0 spiro atoms. The standard InChI is InChI=1S/C24H21Cl/c1-3-19-14-21-6-4-18(13-23(21)10-16(19)2)11-17-5-7-22-15-24(25)9-8-20(22)12-17/h4-10,12-15H,3,11H2,1-2H3. The summed E-state index contributed by atoms with van der Waals surface area (Å²) in [6.45, 7) is 4.43. The van der Waals surface area contributed by atoms with Crippen LogP contribution in [0, 0.1) is 6.92 Å². The Hall–Kier alpha value is -2.31. The van der Waals surface area contributed by atoms with Crippen molar-refractivity contribution in [3.63, 3.8) is 0 Å². The smallest absolute Gasteiger partial charge is 0.0412 e. The molecule has 0 fully saturated rings. The van der Waals surface area contributed by atoms with E-state index in [1.54, 1.807) is 0 Å². The number of hydrogen-bond donors (Lipinski definition) is 0. The van der Waals surface area contributed by atoms with Gasteiger partial charge in [0.2, 0.25) is 0 Å². The van der Waals surface area contributed by atoms with Crippen molar-refractivity contribution in [3.05, 3.63) is 94.0 Å². The summed E-state index contributed by atoms with van der Waals surface area (Å²) in [5, 5.41) is 5.89. The van der Waals surface area contributed by atoms with Crippen molar-refractivity contribution in [1.29, 1.82) is 0 Å². The fourth-order valence-electron chi connectivity index (χ4n) is 3.61. The van der Waals surface area contributed by atoms with Gasteiger partial charge in [-0.3, -0.25) is 0 Å². The van der Waals surface area contributed by atoms with E-state index in [9.17, 15) is 0 Å². The Kier molecular flexibility index (Phi) is 4.23. The van der Waals surface area contributed by atoms with Crippen LogP contribution in [0.25, 0.3) is 21.5 Å². The SMILES string of the molecule is CCc1cc2ccc(Cc3ccc4cc(Cl)ccc4c3)cc2cc1C. The first-order valence-corrected chi connectivity index (χ1v) is 9.20. The molecule has 0 amide bonds. The molecular formula is C24H21Cl. The van der Waals surface area contributed by atoms with E-state index in [0.29, 0.717) is 0 Å². The molecule has 0 N–H and O–H groups in total. The van der Waals surface area contributed by atoms with Gasteiger partial charge in [0.05, 0.1) is 0 Å². The number of hydrogen-bond acceptors (Lipinski definition) is 0. The van der Waals surface area contributed by atoms with Gasteiger partial charge in [-0.05, 0) is 75.7 Å². The molecule has 0 heterocycles. The van der Waals surface area contributed by atoms with Crippen molar-refractivity contribution in [3.8, 4) is 0 Å². The maximum atomic E-state index is 6.08. The molecule has 0 aliphatic carbocycles. The van der Waals surface area contributed by atoms with E-state index in [2.05, 4.69) is 68.4 Å². The summed E-state index contributed by atoms with van der Waals surface area (Å²) < 4.78 is 0. The lowest BCUT2D eigenvalue weighted by molar-refractivity contribution is 1.12. The van der Waals surface area contributed by atoms with Gasteiger partial charge in [-0.15, -0.1) is 0 Å². The summed E-state index contributed by atoms with van der Waals surface area (Å²) >= 11 is 6.08. The van der Waals surface area contributed by atoms with Gasteiger partial charge >= 0.3 is 0 Å². The van der Waals surface area contributed by atoms with Crippen LogP contribution in [-0.4, -0.2) is 0 Å². The van der Waals surface area contributed by atoms with E-state index in [1.165, 1.54) is 43.8 Å². The highest BCUT2D eigenvalue weighted by Gasteiger charge is 2.04. The number of aryl methyl sites for hydroxylation is 2. The van der Waals surface area contributed by atoms with Crippen molar-refractivity contribution in [1.82, 2.24) is 0 Å². The molecule has 1 heteroatoms. The predicted molar refractivity (Wildman–Crippen MR) is 110 cm³/mol. The van der Waals surface area contributed by atoms with E-state index < -0.39 is 0 Å². The lowest BCUT2D eigenvalue weighted by Crippen LogP contribution is -1.91. The van der Waals surface area contributed by atoms with Crippen LogP contribution in [0.15, 0.2) is 66.7 Å². The van der Waals surface area contributed by atoms with Crippen LogP contribution < -0.4 is 0 Å². The van der Waals surface area contributed by atoms with Crippen molar-refractivity contribution >= 4 is 33.1 Å². The molecule has 0 aromatic heterocycles. The molecule has 0 saturated heterocycles. The van der Waals surface area contributed by atoms with Gasteiger partial charge in [0.1, 0.15) is 0 Å². The van der Waals surface area contributed by atoms with Crippen LogP contribution >= 0.6 is 11.6 Å². The monoisotopic (exact) mass is 344 g/mol. The van der Waals surface area contributed by atoms with Crippen LogP contribution in [0.3, 0.4) is 0 Å². The summed E-state index contributed by atoms with van der Waals surface area (Å²) in [5.41, 5.74) is 5.50. The van der Waals surface area contributed by atoms with Gasteiger partial charge < -0.3 is 0 Å². The Balaban J connectivity index is 1.69. The van der Waals surface area contributed by atoms with Gasteiger partial charge in [0, 0.05) is 5.02 Å². The molecule has 4 aromatic carbocycles. The number of halogens is 1. The molecule has 0 radical (unpaired) electrons. The van der Waals surface area contributed by atoms with E-state index in [4.69, 9.17) is 11.6 Å². The van der Waals surface area contributed by atoms with Crippen LogP contribution in [-0.2, 0) is 12.8 Å². The quantitative estimate of drug-likeness (QED) is 0.371. The largest absolute Gasteiger partial charge is 0.0843 e. The van der Waals surface area contributed by atoms with Crippen LogP contribution in [0.1, 0.15) is 29.2 Å². The molecule has 0 nitrogen and oxygen atoms in total. The number of benzene rings is 4. The highest BCUT2D eigenvalue weighted by molar-refractivity contribution is 6.31. The summed E-state index contributed by atoms with van der Waals surface area (Å²) in [4.78, 5) is 0. The van der Waals surface area contributed by atoms with E-state index in [0.717, 1.165) is 17.9 Å². The Morgan fingerprint density at radius 3 is 2.00 bits per heavy atom. The van der Waals surface area contributed by atoms with Crippen LogP contribution in [0.4, 0.5) is 0 Å². The highest BCUT2D eigenvalue weighted by atomic mass is 35.5. The second kappa shape index (κ2) is 6.54. The zero-order chi connectivity index (χ0) is 17.4. The van der Waals surface area contributed by atoms with E-state index in [-0.39, 0.29) is 0 Å². The minimum absolute atomic E-state index is 0.789. The first-order valence-electron chi connectivity index (χ1n) is 8.83. The Morgan fingerprint density at radius 1 is 0.680 bits per heavy atom. The lowest BCUT2D eigenvalue weighted by Gasteiger charge is -2.09. The first kappa shape index (κ1) is 16.2. The van der Waals surface area contributed by atoms with Gasteiger partial charge in [0.15, 0.2) is 0 Å². The molecule has 124 valence electrons. The second-order valence-corrected chi connectivity index (χ2v) is 7.25. The first-order chi connectivity index (χ1) is 12.1. The molecule has 0 bridgehead atoms. The molecule has 4 rings (SSSR count). The number of fused-ring (bicyclic) bond motifs is 2. The number of rotatable bonds is 3. The third-order valence-electron chi connectivity index (χ3n) is 5.02. The normalized spacial score (nSPS) is 11.3. The summed E-state index contributed by atoms with van der Waals surface area (Å²) in [6, 6.07) is 24.2. The van der Waals surface area contributed by atoms with E-state index in [1.807, 2.05) is 12.1 Å². The van der Waals surface area contributed by atoms with Crippen LogP contribution in [0.2, 0.25) is 5.02 Å². The van der Waals surface area contributed by atoms with Crippen LogP contribution in [0.5, 0.6) is 0 Å². The Bertz CT molecular complexity index is 1080. The van der Waals surface area contributed by atoms with Gasteiger partial charge in [-0.1, -0.05) is 73.1 Å². The third-order valence-corrected chi connectivity index (χ3v) is 5.25. The average molecular weight is 345 g/mol. The maximum absolute atomic E-state index is 6.08. The molecule has 0 aliphatic rings. The Labute approximate surface area is 154 Å². The zero-order valence-corrected chi connectivity index (χ0v) is 15.4. The molecule has 25 heavy (non-hydrogen) atoms. The molecular weight excluding hydrogens is 324 g/mol. The van der Waals surface area contributed by atoms with Crippen molar-refractivity contribution in [2.75, 3.05) is 0 Å². The predicted octanol–water partition coefficient (Wildman–Crippen LogP) is 7.11. The van der Waals surface area contributed by atoms with Gasteiger partial charge in [-0.2, -0.15) is 0 Å². The zero-order valence-electron chi connectivity index (χ0n) is 14.6. The molecule has 0 aliphatic heterocycles. The lowest BCUT2D eigenvalue weighted by atomic mass is 9.96. The Morgan fingerprint density at radius 2 is 1.28 bits per heavy atom. The maximum Gasteiger partial charge on any atom is 0.0412 e. The molecule has 0 atom stereocenters. The topological polar surface area (TPSA) is 0 Å². The van der Waals surface area contributed by atoms with E-state index >= 15 is 0 Å². The minimum atomic E-state index is 0.789. The van der Waals surface area contributed by atoms with Gasteiger partial charge in [0.25, 0.3) is 0 Å². The fourth-order valence-corrected chi connectivity index (χ4v) is 3.79. The van der Waals surface area contributed by atoms with Crippen molar-refractivity contribution < 1.29 is 0 Å². The highest BCUT2D eigenvalue weighted by Crippen LogP contribution is 2.25.